The van der Waals surface area contributed by atoms with Crippen molar-refractivity contribution in [1.29, 1.82) is 0 Å². The number of benzene rings is 3. The summed E-state index contributed by atoms with van der Waals surface area (Å²) in [5.74, 6) is -4.16. The van der Waals surface area contributed by atoms with Crippen molar-refractivity contribution in [3.63, 3.8) is 0 Å². The third kappa shape index (κ3) is 7.19. The smallest absolute Gasteiger partial charge is 0.308 e. The van der Waals surface area contributed by atoms with E-state index in [0.29, 0.717) is 17.0 Å². The standard InChI is InChI=1S/C28H24F5N5O6S/c1-27(2)24(40)38(19-10-11-21(30)20(13-19)28(31,32)33)26(42)37(27)14-16-4-7-17(29)12-22(16)35-25(41)34-18-8-5-15(6-9-18)23(39)36-45(3,43)44/h4-13H,14H2,1-3H3,(H,36,39)(H2,34,35,41). The highest BCUT2D eigenvalue weighted by Gasteiger charge is 2.52. The molecule has 6 amide bonds. The van der Waals surface area contributed by atoms with Gasteiger partial charge in [0.1, 0.15) is 17.2 Å². The van der Waals surface area contributed by atoms with Crippen LogP contribution in [0.1, 0.15) is 35.3 Å². The van der Waals surface area contributed by atoms with E-state index in [1.54, 1.807) is 4.72 Å². The molecule has 1 fully saturated rings. The van der Waals surface area contributed by atoms with E-state index in [9.17, 15) is 49.5 Å². The van der Waals surface area contributed by atoms with Crippen LogP contribution in [0.25, 0.3) is 0 Å². The number of amides is 6. The number of anilines is 3. The van der Waals surface area contributed by atoms with Crippen LogP contribution in [0.15, 0.2) is 60.7 Å². The minimum atomic E-state index is -5.09. The Balaban J connectivity index is 1.54. The van der Waals surface area contributed by atoms with E-state index >= 15 is 0 Å². The Morgan fingerprint density at radius 1 is 0.911 bits per heavy atom. The zero-order chi connectivity index (χ0) is 33.5. The number of hydrogen-bond donors (Lipinski definition) is 3. The van der Waals surface area contributed by atoms with Crippen molar-refractivity contribution in [2.45, 2.75) is 32.1 Å². The molecule has 0 aliphatic carbocycles. The SMILES string of the molecule is CC1(C)C(=O)N(c2ccc(F)c(C(F)(F)F)c2)C(=O)N1Cc1ccc(F)cc1NC(=O)Nc1ccc(C(=O)NS(C)(=O)=O)cc1. The highest BCUT2D eigenvalue weighted by atomic mass is 32.2. The third-order valence-corrected chi connectivity index (χ3v) is 7.22. The van der Waals surface area contributed by atoms with E-state index in [2.05, 4.69) is 10.6 Å². The van der Waals surface area contributed by atoms with E-state index in [1.807, 2.05) is 0 Å². The Hall–Kier alpha value is -5.06. The van der Waals surface area contributed by atoms with Gasteiger partial charge in [-0.15, -0.1) is 0 Å². The maximum atomic E-state index is 14.2. The fourth-order valence-corrected chi connectivity index (χ4v) is 4.84. The number of nitrogens with one attached hydrogen (secondary N) is 3. The number of sulfonamides is 1. The summed E-state index contributed by atoms with van der Waals surface area (Å²) in [5, 5.41) is 4.86. The monoisotopic (exact) mass is 653 g/mol. The lowest BCUT2D eigenvalue weighted by Crippen LogP contribution is -2.43. The molecule has 0 unspecified atom stereocenters. The first kappa shape index (κ1) is 32.8. The van der Waals surface area contributed by atoms with Crippen molar-refractivity contribution in [3.05, 3.63) is 89.0 Å². The van der Waals surface area contributed by atoms with Crippen LogP contribution in [0.2, 0.25) is 0 Å². The third-order valence-electron chi connectivity index (χ3n) is 6.67. The number of urea groups is 2. The highest BCUT2D eigenvalue weighted by Crippen LogP contribution is 2.38. The van der Waals surface area contributed by atoms with E-state index in [0.717, 1.165) is 29.4 Å². The molecule has 11 nitrogen and oxygen atoms in total. The number of halogens is 5. The summed E-state index contributed by atoms with van der Waals surface area (Å²) < 4.78 is 92.3. The zero-order valence-corrected chi connectivity index (χ0v) is 24.4. The Morgan fingerprint density at radius 2 is 1.56 bits per heavy atom. The van der Waals surface area contributed by atoms with Crippen LogP contribution >= 0.6 is 0 Å². The second-order valence-electron chi connectivity index (χ2n) is 10.4. The lowest BCUT2D eigenvalue weighted by molar-refractivity contribution is -0.140. The quantitative estimate of drug-likeness (QED) is 0.240. The van der Waals surface area contributed by atoms with Gasteiger partial charge in [0.25, 0.3) is 11.8 Å². The summed E-state index contributed by atoms with van der Waals surface area (Å²) in [7, 11) is -3.80. The van der Waals surface area contributed by atoms with Crippen molar-refractivity contribution < 1.29 is 49.5 Å². The topological polar surface area (TPSA) is 145 Å². The second kappa shape index (κ2) is 11.8. The van der Waals surface area contributed by atoms with Crippen molar-refractivity contribution in [3.8, 4) is 0 Å². The molecule has 1 saturated heterocycles. The van der Waals surface area contributed by atoms with Crippen LogP contribution in [0, 0.1) is 11.6 Å². The van der Waals surface area contributed by atoms with Gasteiger partial charge >= 0.3 is 18.2 Å². The molecule has 45 heavy (non-hydrogen) atoms. The van der Waals surface area contributed by atoms with E-state index in [1.165, 1.54) is 44.2 Å². The second-order valence-corrected chi connectivity index (χ2v) is 12.1. The van der Waals surface area contributed by atoms with Crippen molar-refractivity contribution in [1.82, 2.24) is 9.62 Å². The largest absolute Gasteiger partial charge is 0.419 e. The number of hydrogen-bond acceptors (Lipinski definition) is 6. The maximum Gasteiger partial charge on any atom is 0.419 e. The lowest BCUT2D eigenvalue weighted by atomic mass is 10.0. The minimum absolute atomic E-state index is 0.0180. The molecule has 3 aromatic rings. The van der Waals surface area contributed by atoms with Gasteiger partial charge < -0.3 is 15.5 Å². The lowest BCUT2D eigenvalue weighted by Gasteiger charge is -2.28. The first-order valence-corrected chi connectivity index (χ1v) is 14.7. The molecule has 0 aromatic heterocycles. The number of nitrogens with zero attached hydrogens (tertiary/aromatic N) is 2. The van der Waals surface area contributed by atoms with Crippen LogP contribution in [-0.4, -0.2) is 49.0 Å². The molecule has 0 radical (unpaired) electrons. The molecule has 0 spiro atoms. The van der Waals surface area contributed by atoms with Gasteiger partial charge in [0.15, 0.2) is 0 Å². The molecule has 1 heterocycles. The van der Waals surface area contributed by atoms with Gasteiger partial charge in [0.2, 0.25) is 10.0 Å². The molecular formula is C28H24F5N5O6S. The fraction of sp³-hybridized carbons (Fsp3) is 0.214. The van der Waals surface area contributed by atoms with E-state index in [4.69, 9.17) is 0 Å². The fourth-order valence-electron chi connectivity index (χ4n) is 4.39. The Bertz CT molecular complexity index is 1810. The highest BCUT2D eigenvalue weighted by molar-refractivity contribution is 7.89. The molecule has 1 aliphatic rings. The summed E-state index contributed by atoms with van der Waals surface area (Å²) in [5.41, 5.74) is -3.63. The van der Waals surface area contributed by atoms with Gasteiger partial charge in [-0.1, -0.05) is 6.07 Å². The molecule has 0 bridgehead atoms. The Kier molecular flexibility index (Phi) is 8.61. The molecule has 0 atom stereocenters. The summed E-state index contributed by atoms with van der Waals surface area (Å²) in [6.45, 7) is 2.27. The average molecular weight is 654 g/mol. The molecule has 3 aromatic carbocycles. The van der Waals surface area contributed by atoms with Crippen molar-refractivity contribution >= 4 is 51.0 Å². The molecule has 4 rings (SSSR count). The average Bonchev–Trinajstić information content (AvgIpc) is 3.08. The van der Waals surface area contributed by atoms with Gasteiger partial charge in [-0.05, 0) is 74.0 Å². The normalized spacial score (nSPS) is 14.8. The van der Waals surface area contributed by atoms with E-state index in [-0.39, 0.29) is 22.5 Å². The van der Waals surface area contributed by atoms with Crippen LogP contribution < -0.4 is 20.3 Å². The first-order chi connectivity index (χ1) is 20.8. The van der Waals surface area contributed by atoms with Crippen LogP contribution in [0.5, 0.6) is 0 Å². The van der Waals surface area contributed by atoms with Crippen LogP contribution in [0.3, 0.4) is 0 Å². The number of alkyl halides is 3. The number of carbonyl (C=O) groups is 4. The summed E-state index contributed by atoms with van der Waals surface area (Å²) >= 11 is 0. The predicted octanol–water partition coefficient (Wildman–Crippen LogP) is 5.06. The Morgan fingerprint density at radius 3 is 2.16 bits per heavy atom. The Labute approximate surface area is 253 Å². The molecular weight excluding hydrogens is 629 g/mol. The van der Waals surface area contributed by atoms with Gasteiger partial charge in [-0.3, -0.25) is 9.59 Å². The molecule has 0 saturated carbocycles. The van der Waals surface area contributed by atoms with Gasteiger partial charge in [0.05, 0.1) is 29.7 Å². The van der Waals surface area contributed by atoms with Crippen molar-refractivity contribution in [2.24, 2.45) is 0 Å². The molecule has 238 valence electrons. The summed E-state index contributed by atoms with van der Waals surface area (Å²) in [6, 6.07) is 8.07. The van der Waals surface area contributed by atoms with Crippen LogP contribution in [0.4, 0.5) is 48.6 Å². The van der Waals surface area contributed by atoms with Gasteiger partial charge in [-0.2, -0.15) is 13.2 Å². The maximum absolute atomic E-state index is 14.2. The first-order valence-electron chi connectivity index (χ1n) is 12.8. The summed E-state index contributed by atoms with van der Waals surface area (Å²) in [4.78, 5) is 52.8. The number of carbonyl (C=O) groups excluding carboxylic acids is 4. The number of rotatable bonds is 7. The molecule has 3 N–H and O–H groups in total. The van der Waals surface area contributed by atoms with Gasteiger partial charge in [0, 0.05) is 11.3 Å². The van der Waals surface area contributed by atoms with E-state index < -0.39 is 75.0 Å². The zero-order valence-electron chi connectivity index (χ0n) is 23.6. The minimum Gasteiger partial charge on any atom is -0.308 e. The molecule has 17 heteroatoms. The van der Waals surface area contributed by atoms with Crippen molar-refractivity contribution in [2.75, 3.05) is 21.8 Å². The molecule has 1 aliphatic heterocycles. The van der Waals surface area contributed by atoms with Crippen LogP contribution in [-0.2, 0) is 27.5 Å². The van der Waals surface area contributed by atoms with Gasteiger partial charge in [-0.25, -0.2) is 36.4 Å². The predicted molar refractivity (Wildman–Crippen MR) is 152 cm³/mol. The number of imide groups is 1. The summed E-state index contributed by atoms with van der Waals surface area (Å²) in [6.07, 6.45) is -4.29.